The molecule has 0 N–H and O–H groups in total. The van der Waals surface area contributed by atoms with Crippen molar-refractivity contribution in [3.05, 3.63) is 72.0 Å². The molecular weight excluding hydrogens is 427 g/mol. The number of furan rings is 1. The normalized spacial score (nSPS) is 17.3. The molecule has 3 aromatic rings. The minimum absolute atomic E-state index is 0.264. The Morgan fingerprint density at radius 2 is 1.67 bits per heavy atom. The van der Waals surface area contributed by atoms with Crippen molar-refractivity contribution in [2.45, 2.75) is 30.5 Å². The Labute approximate surface area is 157 Å². The summed E-state index contributed by atoms with van der Waals surface area (Å²) in [6, 6.07) is 21.4. The van der Waals surface area contributed by atoms with E-state index in [1.54, 1.807) is 0 Å². The zero-order valence-electron chi connectivity index (χ0n) is 13.4. The van der Waals surface area contributed by atoms with Gasteiger partial charge in [0.05, 0.1) is 0 Å². The topological polar surface area (TPSA) is 13.1 Å². The van der Waals surface area contributed by atoms with Gasteiger partial charge in [-0.1, -0.05) is 0 Å². The van der Waals surface area contributed by atoms with Crippen LogP contribution < -0.4 is 8.92 Å². The molecule has 0 saturated heterocycles. The van der Waals surface area contributed by atoms with Crippen LogP contribution in [0.15, 0.2) is 65.1 Å². The van der Waals surface area contributed by atoms with Crippen molar-refractivity contribution in [1.82, 2.24) is 0 Å². The van der Waals surface area contributed by atoms with Crippen LogP contribution in [0.3, 0.4) is 0 Å². The van der Waals surface area contributed by atoms with Gasteiger partial charge >= 0.3 is 158 Å². The van der Waals surface area contributed by atoms with Crippen molar-refractivity contribution in [1.29, 1.82) is 0 Å². The van der Waals surface area contributed by atoms with Gasteiger partial charge in [0.15, 0.2) is 0 Å². The molecular formula is C21H19BrOSe. The molecule has 2 aromatic carbocycles. The Balaban J connectivity index is 1.83. The van der Waals surface area contributed by atoms with Gasteiger partial charge in [0.2, 0.25) is 0 Å². The summed E-state index contributed by atoms with van der Waals surface area (Å²) < 4.78 is 9.25. The van der Waals surface area contributed by atoms with Crippen molar-refractivity contribution in [3.8, 4) is 11.3 Å². The van der Waals surface area contributed by atoms with Crippen LogP contribution in [0.5, 0.6) is 0 Å². The minimum atomic E-state index is 0.264. The van der Waals surface area contributed by atoms with Gasteiger partial charge < -0.3 is 0 Å². The van der Waals surface area contributed by atoms with Crippen LogP contribution in [-0.2, 0) is 12.8 Å². The maximum atomic E-state index is 6.42. The second-order valence-corrected chi connectivity index (χ2v) is 9.71. The molecule has 1 aliphatic rings. The van der Waals surface area contributed by atoms with Crippen LogP contribution in [0.25, 0.3) is 11.3 Å². The van der Waals surface area contributed by atoms with Crippen LogP contribution in [0.4, 0.5) is 0 Å². The number of hydrogen-bond acceptors (Lipinski definition) is 1. The Morgan fingerprint density at radius 1 is 0.958 bits per heavy atom. The maximum absolute atomic E-state index is 6.42. The van der Waals surface area contributed by atoms with E-state index in [1.807, 2.05) is 0 Å². The van der Waals surface area contributed by atoms with E-state index in [2.05, 4.69) is 76.6 Å². The number of hydrogen-bond donors (Lipinski definition) is 0. The summed E-state index contributed by atoms with van der Waals surface area (Å²) in [5, 5.41) is 0. The predicted octanol–water partition coefficient (Wildman–Crippen LogP) is 4.24. The second-order valence-electron chi connectivity index (χ2n) is 6.14. The van der Waals surface area contributed by atoms with Crippen LogP contribution >= 0.6 is 15.9 Å². The third kappa shape index (κ3) is 3.39. The number of benzene rings is 2. The summed E-state index contributed by atoms with van der Waals surface area (Å²) in [5.74, 6) is 2.30. The molecule has 1 atom stereocenters. The summed E-state index contributed by atoms with van der Waals surface area (Å²) in [6.07, 6.45) is 4.56. The summed E-state index contributed by atoms with van der Waals surface area (Å²) in [7, 11) is 0. The summed E-state index contributed by atoms with van der Waals surface area (Å²) in [6.45, 7) is 0. The molecule has 0 aliphatic heterocycles. The molecule has 0 radical (unpaired) electrons. The van der Waals surface area contributed by atoms with Crippen molar-refractivity contribution in [2.24, 2.45) is 0 Å². The molecule has 0 spiro atoms. The summed E-state index contributed by atoms with van der Waals surface area (Å²) >= 11 is 4.12. The SMILES string of the molecule is BrC1CCCc2oc(-c3ccccc3)c([Se]c3ccccc3)c2C1. The summed E-state index contributed by atoms with van der Waals surface area (Å²) in [4.78, 5) is 0.560. The first-order valence-corrected chi connectivity index (χ1v) is 11.0. The van der Waals surface area contributed by atoms with E-state index in [0.717, 1.165) is 18.6 Å². The van der Waals surface area contributed by atoms with E-state index in [0.29, 0.717) is 4.83 Å². The van der Waals surface area contributed by atoms with Gasteiger partial charge in [0.25, 0.3) is 0 Å². The zero-order valence-corrected chi connectivity index (χ0v) is 16.7. The van der Waals surface area contributed by atoms with E-state index < -0.39 is 0 Å². The third-order valence-electron chi connectivity index (χ3n) is 4.39. The van der Waals surface area contributed by atoms with Gasteiger partial charge in [-0.15, -0.1) is 0 Å². The predicted molar refractivity (Wildman–Crippen MR) is 105 cm³/mol. The molecule has 1 unspecified atom stereocenters. The van der Waals surface area contributed by atoms with Gasteiger partial charge in [0.1, 0.15) is 0 Å². The number of alkyl halides is 1. The Morgan fingerprint density at radius 3 is 2.42 bits per heavy atom. The molecule has 3 heteroatoms. The number of halogens is 1. The molecule has 122 valence electrons. The fourth-order valence-corrected chi connectivity index (χ4v) is 6.16. The Bertz CT molecular complexity index is 811. The van der Waals surface area contributed by atoms with Gasteiger partial charge in [-0.2, -0.15) is 0 Å². The molecule has 0 bridgehead atoms. The molecule has 0 fully saturated rings. The molecule has 1 nitrogen and oxygen atoms in total. The average molecular weight is 446 g/mol. The molecule has 1 heterocycles. The van der Waals surface area contributed by atoms with Crippen molar-refractivity contribution in [3.63, 3.8) is 0 Å². The van der Waals surface area contributed by atoms with Crippen LogP contribution in [-0.4, -0.2) is 19.8 Å². The third-order valence-corrected chi connectivity index (χ3v) is 7.57. The Kier molecular flexibility index (Phi) is 4.93. The molecule has 1 aliphatic carbocycles. The van der Waals surface area contributed by atoms with Crippen LogP contribution in [0, 0.1) is 0 Å². The monoisotopic (exact) mass is 446 g/mol. The molecule has 1 aromatic heterocycles. The van der Waals surface area contributed by atoms with Gasteiger partial charge in [-0.3, -0.25) is 0 Å². The van der Waals surface area contributed by atoms with Crippen LogP contribution in [0.2, 0.25) is 0 Å². The number of aryl methyl sites for hydroxylation is 1. The fraction of sp³-hybridized carbons (Fsp3) is 0.238. The van der Waals surface area contributed by atoms with E-state index in [1.165, 1.54) is 38.7 Å². The van der Waals surface area contributed by atoms with Crippen LogP contribution in [0.1, 0.15) is 24.2 Å². The van der Waals surface area contributed by atoms with Gasteiger partial charge in [0, 0.05) is 0 Å². The van der Waals surface area contributed by atoms with Crippen molar-refractivity contribution >= 4 is 39.8 Å². The number of fused-ring (bicyclic) bond motifs is 1. The van der Waals surface area contributed by atoms with E-state index in [9.17, 15) is 0 Å². The zero-order chi connectivity index (χ0) is 16.4. The molecule has 0 amide bonds. The molecule has 4 rings (SSSR count). The quantitative estimate of drug-likeness (QED) is 0.333. The summed E-state index contributed by atoms with van der Waals surface area (Å²) in [5.41, 5.74) is 2.65. The van der Waals surface area contributed by atoms with Crippen molar-refractivity contribution < 1.29 is 4.42 Å². The van der Waals surface area contributed by atoms with Gasteiger partial charge in [-0.05, 0) is 0 Å². The second kappa shape index (κ2) is 7.31. The first-order chi connectivity index (χ1) is 11.8. The van der Waals surface area contributed by atoms with Gasteiger partial charge in [-0.25, -0.2) is 0 Å². The Hall–Kier alpha value is -1.28. The first kappa shape index (κ1) is 16.2. The average Bonchev–Trinajstić information content (AvgIpc) is 2.83. The molecule has 24 heavy (non-hydrogen) atoms. The molecule has 0 saturated carbocycles. The van der Waals surface area contributed by atoms with Crippen molar-refractivity contribution in [2.75, 3.05) is 0 Å². The van der Waals surface area contributed by atoms with E-state index in [-0.39, 0.29) is 15.0 Å². The number of rotatable bonds is 3. The van der Waals surface area contributed by atoms with E-state index >= 15 is 0 Å². The van der Waals surface area contributed by atoms with E-state index in [4.69, 9.17) is 4.42 Å². The first-order valence-electron chi connectivity index (χ1n) is 8.38. The fourth-order valence-electron chi connectivity index (χ4n) is 3.20. The standard InChI is InChI=1S/C21H19BrOSe/c22-16-10-7-13-19-18(14-16)21(24-17-11-5-2-6-12-17)20(23-19)15-8-3-1-4-9-15/h1-6,8-9,11-12,16H,7,10,13-14H2.